The molecule has 2 saturated carbocycles. The van der Waals surface area contributed by atoms with Crippen LogP contribution >= 0.6 is 0 Å². The fraction of sp³-hybridized carbons (Fsp3) is 0.611. The Morgan fingerprint density at radius 2 is 1.12 bits per heavy atom. The van der Waals surface area contributed by atoms with Crippen molar-refractivity contribution in [2.24, 2.45) is 11.8 Å². The van der Waals surface area contributed by atoms with E-state index in [1.807, 2.05) is 12.1 Å². The lowest BCUT2D eigenvalue weighted by Gasteiger charge is -2.59. The number of fused-ring (bicyclic) bond motifs is 2. The highest BCUT2D eigenvalue weighted by atomic mass is 16.3. The number of likely N-dealkylation sites (tertiary alicyclic amines) is 2. The quantitative estimate of drug-likeness (QED) is 0.438. The summed E-state index contributed by atoms with van der Waals surface area (Å²) in [6.45, 7) is 4.50. The third kappa shape index (κ3) is 3.78. The van der Waals surface area contributed by atoms with Gasteiger partial charge < -0.3 is 10.2 Å². The van der Waals surface area contributed by atoms with Crippen LogP contribution in [0.3, 0.4) is 0 Å². The number of aromatic hydroxyl groups is 2. The van der Waals surface area contributed by atoms with Crippen molar-refractivity contribution in [3.05, 3.63) is 70.8 Å². The number of hydrogen-bond acceptors (Lipinski definition) is 4. The van der Waals surface area contributed by atoms with Crippen LogP contribution in [0.1, 0.15) is 86.5 Å². The molecule has 2 saturated heterocycles. The van der Waals surface area contributed by atoms with Gasteiger partial charge in [0.05, 0.1) is 0 Å². The SMILES string of the molecule is Oc1ccc2c(c1)C13CCCCC1C(C2)N(CC=CCN1CCC24CCCCC2C1Cc1ccc(O)cc14)CC3. The molecule has 6 unspecified atom stereocenters. The summed E-state index contributed by atoms with van der Waals surface area (Å²) < 4.78 is 0. The molecule has 4 fully saturated rings. The van der Waals surface area contributed by atoms with Crippen LogP contribution in [-0.4, -0.2) is 58.3 Å². The van der Waals surface area contributed by atoms with Gasteiger partial charge in [-0.2, -0.15) is 0 Å². The number of rotatable bonds is 4. The van der Waals surface area contributed by atoms with Crippen molar-refractivity contribution in [1.29, 1.82) is 0 Å². The third-order valence-electron chi connectivity index (χ3n) is 12.7. The summed E-state index contributed by atoms with van der Waals surface area (Å²) in [7, 11) is 0. The second-order valence-electron chi connectivity index (χ2n) is 14.2. The molecular formula is C36H46N2O2. The van der Waals surface area contributed by atoms with Gasteiger partial charge in [0.1, 0.15) is 11.5 Å². The monoisotopic (exact) mass is 538 g/mol. The Bertz CT molecular complexity index is 1220. The molecule has 6 aliphatic rings. The number of nitrogens with zero attached hydrogens (tertiary/aromatic N) is 2. The van der Waals surface area contributed by atoms with E-state index in [2.05, 4.69) is 46.2 Å². The minimum absolute atomic E-state index is 0.295. The number of phenols is 2. The van der Waals surface area contributed by atoms with E-state index in [0.717, 1.165) is 37.8 Å². The van der Waals surface area contributed by atoms with E-state index in [1.165, 1.54) is 99.6 Å². The fourth-order valence-electron chi connectivity index (χ4n) is 11.0. The van der Waals surface area contributed by atoms with Crippen LogP contribution in [0.25, 0.3) is 0 Å². The maximum Gasteiger partial charge on any atom is 0.115 e. The van der Waals surface area contributed by atoms with E-state index in [9.17, 15) is 10.2 Å². The Balaban J connectivity index is 0.981. The van der Waals surface area contributed by atoms with E-state index < -0.39 is 0 Å². The summed E-state index contributed by atoms with van der Waals surface area (Å²) in [4.78, 5) is 5.60. The van der Waals surface area contributed by atoms with E-state index in [0.29, 0.717) is 34.4 Å². The van der Waals surface area contributed by atoms with Crippen LogP contribution in [-0.2, 0) is 23.7 Å². The van der Waals surface area contributed by atoms with Gasteiger partial charge in [0.15, 0.2) is 0 Å². The predicted molar refractivity (Wildman–Crippen MR) is 160 cm³/mol. The van der Waals surface area contributed by atoms with Crippen LogP contribution in [0, 0.1) is 11.8 Å². The van der Waals surface area contributed by atoms with Crippen molar-refractivity contribution >= 4 is 0 Å². The lowest BCUT2D eigenvalue weighted by atomic mass is 9.52. The van der Waals surface area contributed by atoms with Crippen LogP contribution in [0.2, 0.25) is 0 Å². The van der Waals surface area contributed by atoms with Gasteiger partial charge in [0.25, 0.3) is 0 Å². The van der Waals surface area contributed by atoms with E-state index >= 15 is 0 Å². The van der Waals surface area contributed by atoms with Gasteiger partial charge in [-0.25, -0.2) is 0 Å². The number of benzene rings is 2. The Labute approximate surface area is 240 Å². The Morgan fingerprint density at radius 3 is 1.60 bits per heavy atom. The summed E-state index contributed by atoms with van der Waals surface area (Å²) in [6.07, 6.45) is 20.4. The summed E-state index contributed by atoms with van der Waals surface area (Å²) in [5.74, 6) is 2.37. The first-order valence-corrected chi connectivity index (χ1v) is 16.4. The summed E-state index contributed by atoms with van der Waals surface area (Å²) in [6, 6.07) is 13.8. The van der Waals surface area contributed by atoms with Crippen molar-refractivity contribution in [3.8, 4) is 11.5 Å². The average molecular weight is 539 g/mol. The van der Waals surface area contributed by atoms with Crippen LogP contribution < -0.4 is 0 Å². The molecule has 8 rings (SSSR count). The zero-order valence-corrected chi connectivity index (χ0v) is 24.0. The number of piperidine rings is 2. The second kappa shape index (κ2) is 9.63. The topological polar surface area (TPSA) is 46.9 Å². The van der Waals surface area contributed by atoms with Gasteiger partial charge in [-0.1, -0.05) is 50.0 Å². The molecule has 0 spiro atoms. The summed E-state index contributed by atoms with van der Waals surface area (Å²) in [5.41, 5.74) is 6.54. The average Bonchev–Trinajstić information content (AvgIpc) is 2.98. The first-order valence-electron chi connectivity index (χ1n) is 16.4. The van der Waals surface area contributed by atoms with Gasteiger partial charge in [-0.15, -0.1) is 0 Å². The van der Waals surface area contributed by atoms with Crippen LogP contribution in [0.15, 0.2) is 48.6 Å². The van der Waals surface area contributed by atoms with Gasteiger partial charge in [0, 0.05) is 36.0 Å². The predicted octanol–water partition coefficient (Wildman–Crippen LogP) is 6.47. The lowest BCUT2D eigenvalue weighted by Crippen LogP contribution is -2.61. The van der Waals surface area contributed by atoms with E-state index in [1.54, 1.807) is 0 Å². The number of hydrogen-bond donors (Lipinski definition) is 2. The zero-order chi connectivity index (χ0) is 26.9. The van der Waals surface area contributed by atoms with Gasteiger partial charge in [-0.3, -0.25) is 9.80 Å². The third-order valence-corrected chi connectivity index (χ3v) is 12.7. The first-order chi connectivity index (χ1) is 19.6. The fourth-order valence-corrected chi connectivity index (χ4v) is 11.0. The largest absolute Gasteiger partial charge is 0.508 e. The maximum absolute atomic E-state index is 10.3. The summed E-state index contributed by atoms with van der Waals surface area (Å²) >= 11 is 0. The molecule has 0 radical (unpaired) electrons. The van der Waals surface area contributed by atoms with Crippen molar-refractivity contribution in [2.75, 3.05) is 26.2 Å². The molecule has 4 aliphatic carbocycles. The summed E-state index contributed by atoms with van der Waals surface area (Å²) in [5, 5.41) is 20.6. The smallest absolute Gasteiger partial charge is 0.115 e. The molecule has 2 aromatic rings. The Hall–Kier alpha value is -2.30. The molecule has 4 nitrogen and oxygen atoms in total. The molecule has 4 heteroatoms. The van der Waals surface area contributed by atoms with Crippen molar-refractivity contribution in [2.45, 2.75) is 100.0 Å². The molecule has 40 heavy (non-hydrogen) atoms. The normalized spacial score (nSPS) is 36.9. The molecule has 0 aromatic heterocycles. The highest BCUT2D eigenvalue weighted by Crippen LogP contribution is 2.57. The van der Waals surface area contributed by atoms with Gasteiger partial charge in [0.2, 0.25) is 0 Å². The molecule has 2 heterocycles. The molecule has 212 valence electrons. The molecule has 0 amide bonds. The van der Waals surface area contributed by atoms with Crippen molar-refractivity contribution in [1.82, 2.24) is 9.80 Å². The minimum Gasteiger partial charge on any atom is -0.508 e. The highest BCUT2D eigenvalue weighted by molar-refractivity contribution is 5.46. The van der Waals surface area contributed by atoms with Crippen LogP contribution in [0.4, 0.5) is 0 Å². The Kier molecular flexibility index (Phi) is 6.12. The molecular weight excluding hydrogens is 492 g/mol. The van der Waals surface area contributed by atoms with Gasteiger partial charge in [-0.05, 0) is 123 Å². The molecule has 2 aliphatic heterocycles. The van der Waals surface area contributed by atoms with E-state index in [-0.39, 0.29) is 0 Å². The minimum atomic E-state index is 0.295. The molecule has 6 atom stereocenters. The second-order valence-corrected chi connectivity index (χ2v) is 14.2. The standard InChI is InChI=1S/C36H46N2O2/c39-27-11-9-25-21-33-29-7-1-3-13-35(29,31(25)23-27)15-19-37(33)17-5-6-18-38-20-16-36-14-4-2-8-30(36)34(38)22-26-10-12-28(40)24-32(26)36/h5-6,9-12,23-24,29-30,33-34,39-40H,1-4,7-8,13-22H2. The zero-order valence-electron chi connectivity index (χ0n) is 24.0. The maximum atomic E-state index is 10.3. The number of phenolic OH excluding ortho intramolecular Hbond substituents is 2. The lowest BCUT2D eigenvalue weighted by molar-refractivity contribution is -0.00707. The van der Waals surface area contributed by atoms with Crippen molar-refractivity contribution < 1.29 is 10.2 Å². The molecule has 2 aromatic carbocycles. The van der Waals surface area contributed by atoms with Crippen LogP contribution in [0.5, 0.6) is 11.5 Å². The molecule has 4 bridgehead atoms. The van der Waals surface area contributed by atoms with Crippen molar-refractivity contribution in [3.63, 3.8) is 0 Å². The first kappa shape index (κ1) is 25.4. The molecule has 2 N–H and O–H groups in total. The highest BCUT2D eigenvalue weighted by Gasteiger charge is 2.55. The van der Waals surface area contributed by atoms with E-state index in [4.69, 9.17) is 0 Å². The van der Waals surface area contributed by atoms with Gasteiger partial charge >= 0.3 is 0 Å². The Morgan fingerprint density at radius 1 is 0.650 bits per heavy atom.